The summed E-state index contributed by atoms with van der Waals surface area (Å²) in [6.07, 6.45) is 7.13. The number of rotatable bonds is 6. The van der Waals surface area contributed by atoms with Gasteiger partial charge in [-0.3, -0.25) is 14.8 Å². The van der Waals surface area contributed by atoms with Crippen LogP contribution in [0.4, 0.5) is 5.69 Å². The summed E-state index contributed by atoms with van der Waals surface area (Å²) >= 11 is 1.74. The van der Waals surface area contributed by atoms with E-state index < -0.39 is 5.41 Å². The molecule has 7 nitrogen and oxygen atoms in total. The number of nitrogens with zero attached hydrogens (tertiary/aromatic N) is 5. The third-order valence-electron chi connectivity index (χ3n) is 7.07. The van der Waals surface area contributed by atoms with Gasteiger partial charge in [-0.15, -0.1) is 0 Å². The van der Waals surface area contributed by atoms with Crippen molar-refractivity contribution in [3.05, 3.63) is 65.2 Å². The highest BCUT2D eigenvalue weighted by molar-refractivity contribution is 7.99. The van der Waals surface area contributed by atoms with E-state index in [9.17, 15) is 4.79 Å². The Morgan fingerprint density at radius 1 is 1.21 bits per heavy atom. The van der Waals surface area contributed by atoms with E-state index >= 15 is 0 Å². The first kappa shape index (κ1) is 20.9. The van der Waals surface area contributed by atoms with Crippen molar-refractivity contribution in [2.24, 2.45) is 5.92 Å². The minimum atomic E-state index is -0.643. The minimum Gasteiger partial charge on any atom is -0.307 e. The van der Waals surface area contributed by atoms with Crippen LogP contribution >= 0.6 is 11.8 Å². The molecule has 4 heterocycles. The Morgan fingerprint density at radius 2 is 2.06 bits per heavy atom. The number of benzene rings is 1. The molecule has 3 aromatic rings. The second-order valence-electron chi connectivity index (χ2n) is 9.63. The highest BCUT2D eigenvalue weighted by Gasteiger charge is 2.53. The van der Waals surface area contributed by atoms with Crippen molar-refractivity contribution in [3.8, 4) is 0 Å². The van der Waals surface area contributed by atoms with Crippen LogP contribution in [-0.4, -0.2) is 49.8 Å². The fourth-order valence-corrected chi connectivity index (χ4v) is 6.01. The zero-order chi connectivity index (χ0) is 22.4. The molecule has 1 spiro atoms. The standard InChI is InChI=1S/C25H28N6OS/c1-17-2-6-21(7-3-17)31-13-19-12-26-24(33-15-18-4-5-18)28-22(19)25(23(31)32)9-11-30(16-25)14-20-8-10-27-29-20/h2-3,6-8,10,12,18H,4-5,9,11,13-16H2,1H3,(H,27,29). The van der Waals surface area contributed by atoms with Crippen LogP contribution in [0.2, 0.25) is 0 Å². The molecule has 170 valence electrons. The summed E-state index contributed by atoms with van der Waals surface area (Å²) in [5, 5.41) is 7.94. The van der Waals surface area contributed by atoms with Gasteiger partial charge in [-0.2, -0.15) is 5.10 Å². The molecular formula is C25H28N6OS. The first-order valence-corrected chi connectivity index (χ1v) is 12.7. The molecule has 2 aromatic heterocycles. The van der Waals surface area contributed by atoms with E-state index in [-0.39, 0.29) is 5.91 Å². The maximum Gasteiger partial charge on any atom is 0.240 e. The lowest BCUT2D eigenvalue weighted by molar-refractivity contribution is -0.124. The molecule has 33 heavy (non-hydrogen) atoms. The summed E-state index contributed by atoms with van der Waals surface area (Å²) in [5.74, 6) is 2.03. The maximum absolute atomic E-state index is 14.1. The Kier molecular flexibility index (Phi) is 5.22. The van der Waals surface area contributed by atoms with Crippen LogP contribution in [0.3, 0.4) is 0 Å². The molecule has 3 aliphatic rings. The number of likely N-dealkylation sites (tertiary alicyclic amines) is 1. The van der Waals surface area contributed by atoms with Crippen molar-refractivity contribution in [3.63, 3.8) is 0 Å². The molecule has 0 radical (unpaired) electrons. The van der Waals surface area contributed by atoms with Crippen LogP contribution in [-0.2, 0) is 23.3 Å². The van der Waals surface area contributed by atoms with Crippen LogP contribution in [0.15, 0.2) is 47.9 Å². The van der Waals surface area contributed by atoms with Crippen LogP contribution in [0, 0.1) is 12.8 Å². The lowest BCUT2D eigenvalue weighted by Crippen LogP contribution is -2.53. The summed E-state index contributed by atoms with van der Waals surface area (Å²) in [7, 11) is 0. The van der Waals surface area contributed by atoms with Crippen LogP contribution < -0.4 is 4.90 Å². The van der Waals surface area contributed by atoms with Crippen molar-refractivity contribution in [2.45, 2.75) is 49.8 Å². The fourth-order valence-electron chi connectivity index (χ4n) is 5.01. The number of aryl methyl sites for hydroxylation is 1. The van der Waals surface area contributed by atoms with Gasteiger partial charge >= 0.3 is 0 Å². The number of hydrogen-bond acceptors (Lipinski definition) is 6. The van der Waals surface area contributed by atoms with Gasteiger partial charge < -0.3 is 4.90 Å². The second-order valence-corrected chi connectivity index (χ2v) is 10.6. The lowest BCUT2D eigenvalue weighted by Gasteiger charge is -2.40. The normalized spacial score (nSPS) is 22.8. The predicted octanol–water partition coefficient (Wildman–Crippen LogP) is 3.70. The average Bonchev–Trinajstić information content (AvgIpc) is 3.34. The molecule has 0 bridgehead atoms. The first-order chi connectivity index (χ1) is 16.1. The van der Waals surface area contributed by atoms with E-state index in [0.717, 1.165) is 59.0 Å². The van der Waals surface area contributed by atoms with E-state index in [1.165, 1.54) is 18.4 Å². The Labute approximate surface area is 198 Å². The molecule has 1 aliphatic carbocycles. The van der Waals surface area contributed by atoms with E-state index in [2.05, 4.69) is 39.1 Å². The van der Waals surface area contributed by atoms with Gasteiger partial charge in [0.2, 0.25) is 5.91 Å². The Balaban J connectivity index is 1.36. The molecular weight excluding hydrogens is 432 g/mol. The molecule has 1 aromatic carbocycles. The third-order valence-corrected chi connectivity index (χ3v) is 8.16. The van der Waals surface area contributed by atoms with Gasteiger partial charge in [0.1, 0.15) is 5.41 Å². The number of carbonyl (C=O) groups is 1. The van der Waals surface area contributed by atoms with E-state index in [0.29, 0.717) is 13.1 Å². The highest BCUT2D eigenvalue weighted by Crippen LogP contribution is 2.43. The van der Waals surface area contributed by atoms with Gasteiger partial charge in [0.15, 0.2) is 5.16 Å². The number of aromatic amines is 1. The van der Waals surface area contributed by atoms with Crippen molar-refractivity contribution < 1.29 is 4.79 Å². The molecule has 2 aliphatic heterocycles. The Morgan fingerprint density at radius 3 is 2.82 bits per heavy atom. The number of fused-ring (bicyclic) bond motifs is 2. The SMILES string of the molecule is Cc1ccc(N2Cc3cnc(SCC4CC4)nc3C3(CCN(Cc4ccn[nH]4)C3)C2=O)cc1. The predicted molar refractivity (Wildman–Crippen MR) is 128 cm³/mol. The summed E-state index contributed by atoms with van der Waals surface area (Å²) in [6.45, 7) is 4.85. The zero-order valence-electron chi connectivity index (χ0n) is 18.8. The summed E-state index contributed by atoms with van der Waals surface area (Å²) in [5.41, 5.74) is 4.55. The number of hydrogen-bond donors (Lipinski definition) is 1. The Hall–Kier alpha value is -2.71. The molecule has 1 N–H and O–H groups in total. The van der Waals surface area contributed by atoms with Gasteiger partial charge in [0.05, 0.1) is 12.2 Å². The average molecular weight is 461 g/mol. The first-order valence-electron chi connectivity index (χ1n) is 11.7. The number of thioether (sulfide) groups is 1. The van der Waals surface area contributed by atoms with Crippen molar-refractivity contribution in [1.29, 1.82) is 0 Å². The van der Waals surface area contributed by atoms with Gasteiger partial charge in [-0.1, -0.05) is 29.5 Å². The van der Waals surface area contributed by atoms with Crippen molar-refractivity contribution in [1.82, 2.24) is 25.1 Å². The quantitative estimate of drug-likeness (QED) is 0.446. The monoisotopic (exact) mass is 460 g/mol. The molecule has 1 atom stereocenters. The van der Waals surface area contributed by atoms with Gasteiger partial charge in [-0.25, -0.2) is 9.97 Å². The molecule has 1 amide bonds. The van der Waals surface area contributed by atoms with Gasteiger partial charge in [0.25, 0.3) is 0 Å². The van der Waals surface area contributed by atoms with E-state index in [1.54, 1.807) is 18.0 Å². The van der Waals surface area contributed by atoms with Gasteiger partial charge in [-0.05, 0) is 50.3 Å². The van der Waals surface area contributed by atoms with Crippen molar-refractivity contribution >= 4 is 23.4 Å². The molecule has 1 unspecified atom stereocenters. The number of aromatic nitrogens is 4. The van der Waals surface area contributed by atoms with Crippen molar-refractivity contribution in [2.75, 3.05) is 23.7 Å². The molecule has 8 heteroatoms. The van der Waals surface area contributed by atoms with E-state index in [4.69, 9.17) is 4.98 Å². The fraction of sp³-hybridized carbons (Fsp3) is 0.440. The lowest BCUT2D eigenvalue weighted by atomic mass is 9.77. The summed E-state index contributed by atoms with van der Waals surface area (Å²) in [4.78, 5) is 28.1. The number of nitrogens with one attached hydrogen (secondary N) is 1. The highest BCUT2D eigenvalue weighted by atomic mass is 32.2. The Bertz CT molecular complexity index is 1160. The van der Waals surface area contributed by atoms with Crippen LogP contribution in [0.1, 0.15) is 41.8 Å². The second kappa shape index (κ2) is 8.25. The largest absolute Gasteiger partial charge is 0.307 e. The molecule has 2 fully saturated rings. The number of carbonyl (C=O) groups excluding carboxylic acids is 1. The summed E-state index contributed by atoms with van der Waals surface area (Å²) in [6, 6.07) is 10.2. The summed E-state index contributed by atoms with van der Waals surface area (Å²) < 4.78 is 0. The number of anilines is 1. The molecule has 1 saturated carbocycles. The smallest absolute Gasteiger partial charge is 0.240 e. The van der Waals surface area contributed by atoms with E-state index in [1.807, 2.05) is 29.3 Å². The minimum absolute atomic E-state index is 0.155. The molecule has 6 rings (SSSR count). The van der Waals surface area contributed by atoms with Gasteiger partial charge in [0, 0.05) is 54.7 Å². The number of amides is 1. The zero-order valence-corrected chi connectivity index (χ0v) is 19.6. The molecule has 1 saturated heterocycles. The topological polar surface area (TPSA) is 78.0 Å². The maximum atomic E-state index is 14.1. The van der Waals surface area contributed by atoms with Crippen LogP contribution in [0.25, 0.3) is 0 Å². The third kappa shape index (κ3) is 3.95. The number of H-pyrrole nitrogens is 1. The van der Waals surface area contributed by atoms with Crippen LogP contribution in [0.5, 0.6) is 0 Å².